The molecule has 0 aliphatic heterocycles. The van der Waals surface area contributed by atoms with Crippen molar-refractivity contribution in [3.8, 4) is 6.07 Å². The number of nitrogens with zero attached hydrogens (tertiary/aromatic N) is 2. The Balaban J connectivity index is 2.11. The maximum absolute atomic E-state index is 13.5. The van der Waals surface area contributed by atoms with Crippen LogP contribution < -0.4 is 5.32 Å². The van der Waals surface area contributed by atoms with Crippen LogP contribution >= 0.6 is 15.9 Å². The molecule has 0 radical (unpaired) electrons. The minimum Gasteiger partial charge on any atom is -0.381 e. The number of hydrogen-bond acceptors (Lipinski definition) is 3. The summed E-state index contributed by atoms with van der Waals surface area (Å²) in [4.78, 5) is 3.86. The van der Waals surface area contributed by atoms with Crippen LogP contribution in [-0.4, -0.2) is 4.98 Å². The van der Waals surface area contributed by atoms with Crippen molar-refractivity contribution in [2.75, 3.05) is 5.32 Å². The Bertz CT molecular complexity index is 607. The van der Waals surface area contributed by atoms with Crippen molar-refractivity contribution in [3.63, 3.8) is 0 Å². The second-order valence-electron chi connectivity index (χ2n) is 3.63. The highest BCUT2D eigenvalue weighted by Crippen LogP contribution is 2.17. The van der Waals surface area contributed by atoms with Crippen molar-refractivity contribution in [1.82, 2.24) is 4.98 Å². The lowest BCUT2D eigenvalue weighted by atomic mass is 10.2. The molecule has 5 heteroatoms. The van der Waals surface area contributed by atoms with E-state index in [2.05, 4.69) is 26.2 Å². The predicted octanol–water partition coefficient (Wildman–Crippen LogP) is 3.47. The van der Waals surface area contributed by atoms with Gasteiger partial charge < -0.3 is 5.32 Å². The number of hydrogen-bond donors (Lipinski definition) is 1. The van der Waals surface area contributed by atoms with Crippen molar-refractivity contribution in [3.05, 3.63) is 58.1 Å². The van der Waals surface area contributed by atoms with Gasteiger partial charge in [0.1, 0.15) is 17.6 Å². The van der Waals surface area contributed by atoms with Gasteiger partial charge in [-0.05, 0) is 30.3 Å². The molecule has 0 bridgehead atoms. The normalized spacial score (nSPS) is 9.83. The van der Waals surface area contributed by atoms with Crippen LogP contribution in [0.2, 0.25) is 0 Å². The Hall–Kier alpha value is -1.93. The van der Waals surface area contributed by atoms with Crippen LogP contribution in [0.5, 0.6) is 0 Å². The van der Waals surface area contributed by atoms with Crippen molar-refractivity contribution in [2.45, 2.75) is 6.54 Å². The number of nitrogens with one attached hydrogen (secondary N) is 1. The summed E-state index contributed by atoms with van der Waals surface area (Å²) in [5.74, 6) is -0.264. The molecular weight excluding hydrogens is 297 g/mol. The molecule has 3 nitrogen and oxygen atoms in total. The molecule has 0 saturated carbocycles. The first-order valence-electron chi connectivity index (χ1n) is 5.23. The first-order chi connectivity index (χ1) is 8.69. The van der Waals surface area contributed by atoms with Gasteiger partial charge in [-0.2, -0.15) is 5.26 Å². The SMILES string of the molecule is N#Cc1cc(NCc2cc(Br)ccc2F)ccn1. The lowest BCUT2D eigenvalue weighted by Gasteiger charge is -2.07. The van der Waals surface area contributed by atoms with Gasteiger partial charge in [0.15, 0.2) is 0 Å². The molecule has 1 N–H and O–H groups in total. The van der Waals surface area contributed by atoms with Crippen LogP contribution in [0.4, 0.5) is 10.1 Å². The average Bonchev–Trinajstić information content (AvgIpc) is 2.40. The van der Waals surface area contributed by atoms with E-state index in [9.17, 15) is 4.39 Å². The van der Waals surface area contributed by atoms with E-state index < -0.39 is 0 Å². The molecule has 0 atom stereocenters. The van der Waals surface area contributed by atoms with Crippen LogP contribution in [0.3, 0.4) is 0 Å². The zero-order chi connectivity index (χ0) is 13.0. The third-order valence-electron chi connectivity index (χ3n) is 2.37. The van der Waals surface area contributed by atoms with Gasteiger partial charge in [0, 0.05) is 28.5 Å². The van der Waals surface area contributed by atoms with Gasteiger partial charge in [-0.3, -0.25) is 0 Å². The third kappa shape index (κ3) is 3.05. The molecule has 0 fully saturated rings. The summed E-state index contributed by atoms with van der Waals surface area (Å²) < 4.78 is 14.3. The molecule has 0 spiro atoms. The fourth-order valence-corrected chi connectivity index (χ4v) is 1.89. The Morgan fingerprint density at radius 1 is 1.33 bits per heavy atom. The van der Waals surface area contributed by atoms with E-state index in [0.29, 0.717) is 17.8 Å². The lowest BCUT2D eigenvalue weighted by molar-refractivity contribution is 0.612. The van der Waals surface area contributed by atoms with E-state index in [1.807, 2.05) is 6.07 Å². The fourth-order valence-electron chi connectivity index (χ4n) is 1.48. The van der Waals surface area contributed by atoms with Crippen LogP contribution in [0.25, 0.3) is 0 Å². The number of halogens is 2. The van der Waals surface area contributed by atoms with Crippen molar-refractivity contribution >= 4 is 21.6 Å². The van der Waals surface area contributed by atoms with E-state index in [4.69, 9.17) is 5.26 Å². The van der Waals surface area contributed by atoms with Crippen molar-refractivity contribution in [2.24, 2.45) is 0 Å². The van der Waals surface area contributed by atoms with E-state index in [0.717, 1.165) is 10.2 Å². The Morgan fingerprint density at radius 2 is 2.17 bits per heavy atom. The molecule has 0 saturated heterocycles. The Morgan fingerprint density at radius 3 is 2.94 bits per heavy atom. The topological polar surface area (TPSA) is 48.7 Å². The quantitative estimate of drug-likeness (QED) is 0.944. The summed E-state index contributed by atoms with van der Waals surface area (Å²) in [6, 6.07) is 10.1. The molecule has 1 aromatic carbocycles. The smallest absolute Gasteiger partial charge is 0.142 e. The minimum absolute atomic E-state index is 0.264. The zero-order valence-corrected chi connectivity index (χ0v) is 10.9. The largest absolute Gasteiger partial charge is 0.381 e. The molecule has 18 heavy (non-hydrogen) atoms. The molecule has 0 aliphatic rings. The summed E-state index contributed by atoms with van der Waals surface area (Å²) in [5, 5.41) is 11.8. The first kappa shape index (κ1) is 12.5. The maximum Gasteiger partial charge on any atom is 0.142 e. The van der Waals surface area contributed by atoms with Gasteiger partial charge in [-0.25, -0.2) is 9.37 Å². The number of aromatic nitrogens is 1. The van der Waals surface area contributed by atoms with Crippen LogP contribution in [0.1, 0.15) is 11.3 Å². The molecule has 2 rings (SSSR count). The van der Waals surface area contributed by atoms with Crippen LogP contribution in [-0.2, 0) is 6.54 Å². The molecule has 1 aromatic heterocycles. The van der Waals surface area contributed by atoms with Gasteiger partial charge in [-0.15, -0.1) is 0 Å². The second kappa shape index (κ2) is 5.61. The molecule has 90 valence electrons. The predicted molar refractivity (Wildman–Crippen MR) is 70.4 cm³/mol. The van der Waals surface area contributed by atoms with Gasteiger partial charge in [-0.1, -0.05) is 15.9 Å². The fraction of sp³-hybridized carbons (Fsp3) is 0.0769. The molecule has 0 amide bonds. The third-order valence-corrected chi connectivity index (χ3v) is 2.86. The van der Waals surface area contributed by atoms with E-state index in [1.54, 1.807) is 24.3 Å². The second-order valence-corrected chi connectivity index (χ2v) is 4.55. The molecular formula is C13H9BrFN3. The van der Waals surface area contributed by atoms with Crippen molar-refractivity contribution in [1.29, 1.82) is 5.26 Å². The van der Waals surface area contributed by atoms with Gasteiger partial charge >= 0.3 is 0 Å². The van der Waals surface area contributed by atoms with E-state index in [1.165, 1.54) is 12.3 Å². The summed E-state index contributed by atoms with van der Waals surface area (Å²) >= 11 is 3.30. The maximum atomic E-state index is 13.5. The lowest BCUT2D eigenvalue weighted by Crippen LogP contribution is -2.02. The summed E-state index contributed by atoms with van der Waals surface area (Å²) in [5.41, 5.74) is 1.62. The summed E-state index contributed by atoms with van der Waals surface area (Å²) in [7, 11) is 0. The van der Waals surface area contributed by atoms with Gasteiger partial charge in [0.2, 0.25) is 0 Å². The zero-order valence-electron chi connectivity index (χ0n) is 9.32. The van der Waals surface area contributed by atoms with E-state index in [-0.39, 0.29) is 5.82 Å². The molecule has 1 heterocycles. The highest BCUT2D eigenvalue weighted by molar-refractivity contribution is 9.10. The minimum atomic E-state index is -0.264. The molecule has 0 aliphatic carbocycles. The highest BCUT2D eigenvalue weighted by Gasteiger charge is 2.03. The van der Waals surface area contributed by atoms with Crippen LogP contribution in [0, 0.1) is 17.1 Å². The van der Waals surface area contributed by atoms with Gasteiger partial charge in [0.25, 0.3) is 0 Å². The highest BCUT2D eigenvalue weighted by atomic mass is 79.9. The number of anilines is 1. The molecule has 2 aromatic rings. The Labute approximate surface area is 112 Å². The summed E-state index contributed by atoms with van der Waals surface area (Å²) in [6.45, 7) is 0.347. The number of benzene rings is 1. The monoisotopic (exact) mass is 305 g/mol. The average molecular weight is 306 g/mol. The Kier molecular flexibility index (Phi) is 3.90. The molecule has 0 unspecified atom stereocenters. The standard InChI is InChI=1S/C13H9BrFN3/c14-10-1-2-13(15)9(5-10)8-18-11-3-4-17-12(6-11)7-16/h1-6H,8H2,(H,17,18). The number of pyridine rings is 1. The first-order valence-corrected chi connectivity index (χ1v) is 6.02. The number of rotatable bonds is 3. The van der Waals surface area contributed by atoms with Crippen LogP contribution in [0.15, 0.2) is 41.0 Å². The van der Waals surface area contributed by atoms with Crippen molar-refractivity contribution < 1.29 is 4.39 Å². The number of nitriles is 1. The summed E-state index contributed by atoms with van der Waals surface area (Å²) in [6.07, 6.45) is 1.54. The van der Waals surface area contributed by atoms with E-state index >= 15 is 0 Å². The van der Waals surface area contributed by atoms with Gasteiger partial charge in [0.05, 0.1) is 0 Å².